The van der Waals surface area contributed by atoms with Gasteiger partial charge >= 0.3 is 5.63 Å². The fraction of sp³-hybridized carbons (Fsp3) is 0.200. The van der Waals surface area contributed by atoms with Gasteiger partial charge in [-0.3, -0.25) is 0 Å². The maximum atomic E-state index is 14.2. The summed E-state index contributed by atoms with van der Waals surface area (Å²) in [7, 11) is -5.31. The monoisotopic (exact) mass is 623 g/mol. The van der Waals surface area contributed by atoms with E-state index in [2.05, 4.69) is 24.6 Å². The van der Waals surface area contributed by atoms with E-state index in [1.165, 1.54) is 30.6 Å². The lowest BCUT2D eigenvalue weighted by atomic mass is 10.1. The normalized spacial score (nSPS) is 12.6. The number of aromatic nitrogens is 3. The second-order valence-corrected chi connectivity index (χ2v) is 19.1. The quantitative estimate of drug-likeness (QED) is 0.102. The van der Waals surface area contributed by atoms with Crippen LogP contribution < -0.4 is 5.63 Å². The molecule has 0 saturated heterocycles. The van der Waals surface area contributed by atoms with Crippen molar-refractivity contribution in [3.05, 3.63) is 94.3 Å². The Kier molecular flexibility index (Phi) is 7.08. The molecule has 8 nitrogen and oxygen atoms in total. The molecule has 4 aromatic heterocycles. The minimum atomic E-state index is -3.92. The summed E-state index contributed by atoms with van der Waals surface area (Å²) >= 11 is 6.52. The summed E-state index contributed by atoms with van der Waals surface area (Å²) < 4.78 is 55.7. The van der Waals surface area contributed by atoms with Crippen LogP contribution in [0.15, 0.2) is 87.2 Å². The third-order valence-corrected chi connectivity index (χ3v) is 10.8. The summed E-state index contributed by atoms with van der Waals surface area (Å²) in [5, 5.41) is 1.25. The first-order valence-electron chi connectivity index (χ1n) is 13.3. The maximum absolute atomic E-state index is 14.2. The lowest BCUT2D eigenvalue weighted by Gasteiger charge is -2.17. The molecule has 0 aliphatic rings. The predicted molar refractivity (Wildman–Crippen MR) is 165 cm³/mol. The van der Waals surface area contributed by atoms with Crippen molar-refractivity contribution in [2.75, 3.05) is 6.61 Å². The molecule has 0 fully saturated rings. The van der Waals surface area contributed by atoms with E-state index >= 15 is 0 Å². The fourth-order valence-corrected chi connectivity index (χ4v) is 7.38. The molecule has 0 aliphatic carbocycles. The molecule has 0 unspecified atom stereocenters. The van der Waals surface area contributed by atoms with Gasteiger partial charge in [0.15, 0.2) is 5.65 Å². The number of rotatable bonds is 8. The van der Waals surface area contributed by atoms with Crippen LogP contribution in [-0.4, -0.2) is 36.6 Å². The van der Waals surface area contributed by atoms with E-state index < -0.39 is 29.5 Å². The van der Waals surface area contributed by atoms with Crippen molar-refractivity contribution >= 4 is 62.6 Å². The zero-order valence-electron chi connectivity index (χ0n) is 23.1. The van der Waals surface area contributed by atoms with Crippen molar-refractivity contribution in [2.24, 2.45) is 0 Å². The van der Waals surface area contributed by atoms with Crippen LogP contribution >= 0.6 is 11.6 Å². The van der Waals surface area contributed by atoms with Gasteiger partial charge in [-0.05, 0) is 42.4 Å². The summed E-state index contributed by atoms with van der Waals surface area (Å²) in [6, 6.07) is 16.4. The standard InChI is InChI=1S/C30H27ClFN3O5SSi/c1-42(2,3)14-13-39-18-34-25(17-23-28(34)27-24(31)15-19(32)16-26(27)40-30(23)36)21-9-11-33-29-22(21)10-12-35(29)41(37,38)20-7-5-4-6-8-20/h4-12,15-17H,13-14,18H2,1-3H3. The second kappa shape index (κ2) is 10.5. The molecule has 0 radical (unpaired) electrons. The van der Waals surface area contributed by atoms with Crippen LogP contribution in [0.25, 0.3) is 44.2 Å². The summed E-state index contributed by atoms with van der Waals surface area (Å²) in [4.78, 5) is 17.7. The molecule has 0 spiro atoms. The third-order valence-electron chi connectivity index (χ3n) is 7.12. The smallest absolute Gasteiger partial charge is 0.345 e. The number of hydrogen-bond acceptors (Lipinski definition) is 6. The minimum Gasteiger partial charge on any atom is -0.422 e. The fourth-order valence-electron chi connectivity index (χ4n) is 5.02. The van der Waals surface area contributed by atoms with Gasteiger partial charge in [-0.1, -0.05) is 49.4 Å². The van der Waals surface area contributed by atoms with Crippen molar-refractivity contribution in [1.29, 1.82) is 0 Å². The molecule has 42 heavy (non-hydrogen) atoms. The van der Waals surface area contributed by atoms with Gasteiger partial charge in [-0.25, -0.2) is 26.6 Å². The van der Waals surface area contributed by atoms with E-state index in [0.717, 1.165) is 16.1 Å². The van der Waals surface area contributed by atoms with Crippen LogP contribution in [0.3, 0.4) is 0 Å². The molecule has 6 aromatic rings. The van der Waals surface area contributed by atoms with Crippen molar-refractivity contribution in [2.45, 2.75) is 37.3 Å². The van der Waals surface area contributed by atoms with Crippen LogP contribution in [0.5, 0.6) is 0 Å². The van der Waals surface area contributed by atoms with Crippen LogP contribution in [0, 0.1) is 5.82 Å². The van der Waals surface area contributed by atoms with Crippen LogP contribution in [-0.2, 0) is 21.5 Å². The number of pyridine rings is 1. The summed E-state index contributed by atoms with van der Waals surface area (Å²) in [6.07, 6.45) is 2.98. The highest BCUT2D eigenvalue weighted by atomic mass is 35.5. The molecule has 0 saturated carbocycles. The maximum Gasteiger partial charge on any atom is 0.345 e. The lowest BCUT2D eigenvalue weighted by molar-refractivity contribution is 0.0914. The van der Waals surface area contributed by atoms with Gasteiger partial charge in [0.25, 0.3) is 10.0 Å². The summed E-state index contributed by atoms with van der Waals surface area (Å²) in [5.74, 6) is -0.628. The number of hydrogen-bond donors (Lipinski definition) is 0. The first kappa shape index (κ1) is 28.4. The van der Waals surface area contributed by atoms with Gasteiger partial charge < -0.3 is 13.7 Å². The molecular formula is C30H27ClFN3O5SSi. The van der Waals surface area contributed by atoms with Crippen molar-refractivity contribution in [3.63, 3.8) is 0 Å². The Bertz CT molecular complexity index is 2150. The number of ether oxygens (including phenoxy) is 1. The topological polar surface area (TPSA) is 96.3 Å². The molecule has 12 heteroatoms. The highest BCUT2D eigenvalue weighted by molar-refractivity contribution is 7.90. The van der Waals surface area contributed by atoms with Crippen molar-refractivity contribution < 1.29 is 22.0 Å². The largest absolute Gasteiger partial charge is 0.422 e. The number of fused-ring (bicyclic) bond motifs is 4. The van der Waals surface area contributed by atoms with Crippen molar-refractivity contribution in [1.82, 2.24) is 13.5 Å². The van der Waals surface area contributed by atoms with E-state index in [9.17, 15) is 17.6 Å². The third kappa shape index (κ3) is 4.96. The van der Waals surface area contributed by atoms with Gasteiger partial charge in [0.1, 0.15) is 18.1 Å². The summed E-state index contributed by atoms with van der Waals surface area (Å²) in [5.41, 5.74) is 1.22. The first-order chi connectivity index (χ1) is 20.0. The SMILES string of the molecule is C[Si](C)(C)CCOCn1c(-c2ccnc3c2ccn3S(=O)(=O)c2ccccc2)cc2c(=O)oc3cc(F)cc(Cl)c3c21. The van der Waals surface area contributed by atoms with Crippen LogP contribution in [0.1, 0.15) is 0 Å². The zero-order chi connectivity index (χ0) is 29.8. The zero-order valence-corrected chi connectivity index (χ0v) is 25.7. The van der Waals surface area contributed by atoms with Crippen LogP contribution in [0.4, 0.5) is 4.39 Å². The van der Waals surface area contributed by atoms with E-state index in [0.29, 0.717) is 34.2 Å². The van der Waals surface area contributed by atoms with Gasteiger partial charge in [-0.15, -0.1) is 0 Å². The molecule has 0 atom stereocenters. The molecule has 2 aromatic carbocycles. The Morgan fingerprint density at radius 2 is 1.81 bits per heavy atom. The molecule has 0 bridgehead atoms. The van der Waals surface area contributed by atoms with Crippen molar-refractivity contribution in [3.8, 4) is 11.3 Å². The molecule has 216 valence electrons. The molecule has 0 amide bonds. The Morgan fingerprint density at radius 1 is 1.05 bits per heavy atom. The molecule has 6 rings (SSSR count). The first-order valence-corrected chi connectivity index (χ1v) is 18.8. The van der Waals surface area contributed by atoms with E-state index in [1.807, 2.05) is 0 Å². The van der Waals surface area contributed by atoms with Gasteiger partial charge in [0.05, 0.1) is 31.9 Å². The van der Waals surface area contributed by atoms with Gasteiger partial charge in [0, 0.05) is 44.1 Å². The highest BCUT2D eigenvalue weighted by Gasteiger charge is 2.24. The molecular weight excluding hydrogens is 597 g/mol. The van der Waals surface area contributed by atoms with E-state index in [1.54, 1.807) is 41.0 Å². The molecule has 0 N–H and O–H groups in total. The highest BCUT2D eigenvalue weighted by Crippen LogP contribution is 2.38. The predicted octanol–water partition coefficient (Wildman–Crippen LogP) is 7.11. The average molecular weight is 624 g/mol. The van der Waals surface area contributed by atoms with Gasteiger partial charge in [-0.2, -0.15) is 0 Å². The van der Waals surface area contributed by atoms with E-state index in [4.69, 9.17) is 20.8 Å². The Balaban J connectivity index is 1.59. The Hall–Kier alpha value is -3.77. The molecule has 0 aliphatic heterocycles. The number of benzene rings is 2. The minimum absolute atomic E-state index is 0.0190. The average Bonchev–Trinajstić information content (AvgIpc) is 3.54. The van der Waals surface area contributed by atoms with E-state index in [-0.39, 0.29) is 33.3 Å². The number of halogens is 2. The number of nitrogens with zero attached hydrogens (tertiary/aromatic N) is 3. The van der Waals surface area contributed by atoms with Crippen LogP contribution in [0.2, 0.25) is 30.7 Å². The lowest BCUT2D eigenvalue weighted by Crippen LogP contribution is -2.22. The Morgan fingerprint density at radius 3 is 2.55 bits per heavy atom. The summed E-state index contributed by atoms with van der Waals surface area (Å²) in [6.45, 7) is 7.33. The second-order valence-electron chi connectivity index (χ2n) is 11.2. The molecule has 4 heterocycles. The Labute approximate surface area is 247 Å². The van der Waals surface area contributed by atoms with Gasteiger partial charge in [0.2, 0.25) is 0 Å².